The van der Waals surface area contributed by atoms with E-state index in [1.807, 2.05) is 43.3 Å². The maximum absolute atomic E-state index is 13.1. The number of hydrogen-bond donors (Lipinski definition) is 1. The Labute approximate surface area is 161 Å². The van der Waals surface area contributed by atoms with Gasteiger partial charge >= 0.3 is 0 Å². The van der Waals surface area contributed by atoms with Gasteiger partial charge in [-0.15, -0.1) is 0 Å². The van der Waals surface area contributed by atoms with Crippen LogP contribution in [0.4, 0.5) is 5.69 Å². The highest BCUT2D eigenvalue weighted by molar-refractivity contribution is 6.31. The van der Waals surface area contributed by atoms with Crippen molar-refractivity contribution in [3.63, 3.8) is 0 Å². The molecule has 0 atom stereocenters. The summed E-state index contributed by atoms with van der Waals surface area (Å²) in [5, 5.41) is 8.07. The van der Waals surface area contributed by atoms with Gasteiger partial charge in [0.05, 0.1) is 22.3 Å². The summed E-state index contributed by atoms with van der Waals surface area (Å²) in [7, 11) is 0. The molecule has 5 nitrogen and oxygen atoms in total. The Bertz CT molecular complexity index is 1150. The van der Waals surface area contributed by atoms with Crippen LogP contribution in [0.5, 0.6) is 0 Å². The summed E-state index contributed by atoms with van der Waals surface area (Å²) in [4.78, 5) is 17.6. The third-order valence-electron chi connectivity index (χ3n) is 4.38. The maximum atomic E-state index is 13.1. The van der Waals surface area contributed by atoms with Crippen molar-refractivity contribution in [1.29, 1.82) is 0 Å². The average molecular weight is 378 g/mol. The van der Waals surface area contributed by atoms with Crippen LogP contribution in [0, 0.1) is 13.8 Å². The van der Waals surface area contributed by atoms with Crippen molar-refractivity contribution in [2.75, 3.05) is 5.32 Å². The van der Waals surface area contributed by atoms with E-state index in [4.69, 9.17) is 16.1 Å². The first-order chi connectivity index (χ1) is 13.0. The van der Waals surface area contributed by atoms with Gasteiger partial charge in [-0.2, -0.15) is 0 Å². The van der Waals surface area contributed by atoms with Crippen LogP contribution in [0.2, 0.25) is 5.02 Å². The summed E-state index contributed by atoms with van der Waals surface area (Å²) in [5.74, 6) is -0.267. The van der Waals surface area contributed by atoms with Gasteiger partial charge in [0.1, 0.15) is 0 Å². The highest BCUT2D eigenvalue weighted by atomic mass is 35.5. The molecule has 27 heavy (non-hydrogen) atoms. The van der Waals surface area contributed by atoms with Gasteiger partial charge in [-0.25, -0.2) is 4.98 Å². The maximum Gasteiger partial charge on any atom is 0.259 e. The number of aromatic nitrogens is 2. The lowest BCUT2D eigenvalue weighted by atomic mass is 10.0. The highest BCUT2D eigenvalue weighted by Crippen LogP contribution is 2.28. The Morgan fingerprint density at radius 1 is 1.07 bits per heavy atom. The normalized spacial score (nSPS) is 10.9. The molecule has 0 unspecified atom stereocenters. The van der Waals surface area contributed by atoms with Gasteiger partial charge in [0.15, 0.2) is 0 Å². The minimum atomic E-state index is -0.267. The van der Waals surface area contributed by atoms with Gasteiger partial charge in [0, 0.05) is 16.3 Å². The summed E-state index contributed by atoms with van der Waals surface area (Å²) in [6, 6.07) is 16.8. The van der Waals surface area contributed by atoms with Crippen LogP contribution in [0.25, 0.3) is 22.4 Å². The van der Waals surface area contributed by atoms with Crippen LogP contribution in [-0.4, -0.2) is 16.0 Å². The molecule has 0 fully saturated rings. The second kappa shape index (κ2) is 6.85. The number of halogens is 1. The molecule has 1 N–H and O–H groups in total. The van der Waals surface area contributed by atoms with E-state index < -0.39 is 0 Å². The summed E-state index contributed by atoms with van der Waals surface area (Å²) < 4.78 is 5.33. The molecule has 2 aromatic carbocycles. The van der Waals surface area contributed by atoms with E-state index in [1.54, 1.807) is 25.1 Å². The minimum Gasteiger partial charge on any atom is -0.335 e. The number of amides is 1. The molecule has 0 saturated carbocycles. The highest BCUT2D eigenvalue weighted by Gasteiger charge is 2.20. The molecular weight excluding hydrogens is 362 g/mol. The minimum absolute atomic E-state index is 0.267. The molecule has 4 aromatic rings. The molecule has 0 bridgehead atoms. The van der Waals surface area contributed by atoms with Crippen molar-refractivity contribution in [2.24, 2.45) is 0 Å². The van der Waals surface area contributed by atoms with Crippen LogP contribution >= 0.6 is 11.6 Å². The van der Waals surface area contributed by atoms with Crippen molar-refractivity contribution in [1.82, 2.24) is 10.1 Å². The Morgan fingerprint density at radius 3 is 2.63 bits per heavy atom. The van der Waals surface area contributed by atoms with Crippen molar-refractivity contribution in [3.05, 3.63) is 76.4 Å². The number of nitrogens with one attached hydrogen (secondary N) is 1. The number of pyridine rings is 1. The fourth-order valence-corrected chi connectivity index (χ4v) is 3.12. The second-order valence-electron chi connectivity index (χ2n) is 6.28. The summed E-state index contributed by atoms with van der Waals surface area (Å²) in [6.07, 6.45) is 0. The lowest BCUT2D eigenvalue weighted by Gasteiger charge is -2.10. The average Bonchev–Trinajstić information content (AvgIpc) is 3.05. The predicted octanol–water partition coefficient (Wildman–Crippen LogP) is 5.41. The number of rotatable bonds is 3. The molecule has 0 radical (unpaired) electrons. The quantitative estimate of drug-likeness (QED) is 0.518. The Balaban J connectivity index is 1.83. The first-order valence-electron chi connectivity index (χ1n) is 8.43. The number of anilines is 1. The Hall–Kier alpha value is -3.18. The van der Waals surface area contributed by atoms with E-state index in [1.165, 1.54) is 0 Å². The third kappa shape index (κ3) is 3.29. The molecule has 0 aliphatic rings. The Morgan fingerprint density at radius 2 is 1.85 bits per heavy atom. The van der Waals surface area contributed by atoms with Crippen LogP contribution in [0.3, 0.4) is 0 Å². The summed E-state index contributed by atoms with van der Waals surface area (Å²) >= 11 is 6.07. The zero-order valence-corrected chi connectivity index (χ0v) is 15.5. The van der Waals surface area contributed by atoms with Gasteiger partial charge < -0.3 is 9.84 Å². The van der Waals surface area contributed by atoms with E-state index in [9.17, 15) is 4.79 Å². The van der Waals surface area contributed by atoms with Crippen molar-refractivity contribution in [3.8, 4) is 11.3 Å². The van der Waals surface area contributed by atoms with E-state index in [0.717, 1.165) is 11.1 Å². The van der Waals surface area contributed by atoms with Gasteiger partial charge in [-0.05, 0) is 37.6 Å². The zero-order valence-electron chi connectivity index (χ0n) is 14.8. The smallest absolute Gasteiger partial charge is 0.259 e. The van der Waals surface area contributed by atoms with E-state index >= 15 is 0 Å². The number of nitrogens with zero attached hydrogens (tertiary/aromatic N) is 2. The number of carbonyl (C=O) groups is 1. The lowest BCUT2D eigenvalue weighted by molar-refractivity contribution is 0.102. The number of benzene rings is 2. The molecule has 0 saturated heterocycles. The number of carbonyl (C=O) groups excluding carboxylic acids is 1. The van der Waals surface area contributed by atoms with Gasteiger partial charge in [-0.3, -0.25) is 4.79 Å². The SMILES string of the molecule is Cc1ccc(Cl)cc1NC(=O)c1cc(-c2ccccc2)nc2onc(C)c12. The molecule has 2 heterocycles. The van der Waals surface area contributed by atoms with Crippen LogP contribution in [0.15, 0.2) is 59.1 Å². The molecule has 6 heteroatoms. The third-order valence-corrected chi connectivity index (χ3v) is 4.61. The van der Waals surface area contributed by atoms with Gasteiger partial charge in [0.2, 0.25) is 0 Å². The molecule has 1 amide bonds. The molecule has 0 aliphatic carbocycles. The number of hydrogen-bond acceptors (Lipinski definition) is 4. The van der Waals surface area contributed by atoms with Gasteiger partial charge in [-0.1, -0.05) is 53.2 Å². The summed E-state index contributed by atoms with van der Waals surface area (Å²) in [5.41, 5.74) is 4.52. The van der Waals surface area contributed by atoms with E-state index in [2.05, 4.69) is 15.5 Å². The van der Waals surface area contributed by atoms with E-state index in [0.29, 0.717) is 38.8 Å². The van der Waals surface area contributed by atoms with Crippen molar-refractivity contribution >= 4 is 34.3 Å². The first-order valence-corrected chi connectivity index (χ1v) is 8.80. The second-order valence-corrected chi connectivity index (χ2v) is 6.72. The zero-order chi connectivity index (χ0) is 19.0. The van der Waals surface area contributed by atoms with E-state index in [-0.39, 0.29) is 5.91 Å². The molecule has 4 rings (SSSR count). The van der Waals surface area contributed by atoms with Crippen molar-refractivity contribution in [2.45, 2.75) is 13.8 Å². The Kier molecular flexibility index (Phi) is 4.38. The molecule has 0 spiro atoms. The number of fused-ring (bicyclic) bond motifs is 1. The summed E-state index contributed by atoms with van der Waals surface area (Å²) in [6.45, 7) is 3.70. The largest absolute Gasteiger partial charge is 0.335 e. The molecule has 0 aliphatic heterocycles. The standard InChI is InChI=1S/C21H16ClN3O2/c1-12-8-9-15(22)10-17(12)23-20(26)16-11-18(14-6-4-3-5-7-14)24-21-19(16)13(2)25-27-21/h3-11H,1-2H3,(H,23,26). The van der Waals surface area contributed by atoms with Crippen molar-refractivity contribution < 1.29 is 9.32 Å². The fraction of sp³-hybridized carbons (Fsp3) is 0.0952. The number of aryl methyl sites for hydroxylation is 2. The first kappa shape index (κ1) is 17.2. The molecular formula is C21H16ClN3O2. The molecule has 134 valence electrons. The van der Waals surface area contributed by atoms with Crippen LogP contribution in [-0.2, 0) is 0 Å². The van der Waals surface area contributed by atoms with Crippen LogP contribution in [0.1, 0.15) is 21.6 Å². The fourth-order valence-electron chi connectivity index (χ4n) is 2.95. The monoisotopic (exact) mass is 377 g/mol. The molecule has 2 aromatic heterocycles. The van der Waals surface area contributed by atoms with Crippen LogP contribution < -0.4 is 5.32 Å². The topological polar surface area (TPSA) is 68.0 Å². The predicted molar refractivity (Wildman–Crippen MR) is 106 cm³/mol. The van der Waals surface area contributed by atoms with Gasteiger partial charge in [0.25, 0.3) is 11.6 Å². The lowest BCUT2D eigenvalue weighted by Crippen LogP contribution is -2.14.